The maximum atomic E-state index is 10.8. The maximum absolute atomic E-state index is 10.8. The number of aromatic nitrogens is 1. The number of rotatable bonds is 7. The summed E-state index contributed by atoms with van der Waals surface area (Å²) < 4.78 is 5.51. The molecule has 110 valence electrons. The number of carbonyl (C=O) groups is 1. The molecule has 0 amide bonds. The number of hydrogen-bond donors (Lipinski definition) is 2. The van der Waals surface area contributed by atoms with Gasteiger partial charge in [-0.05, 0) is 37.3 Å². The Labute approximate surface area is 123 Å². The summed E-state index contributed by atoms with van der Waals surface area (Å²) in [5.41, 5.74) is 2.21. The zero-order chi connectivity index (χ0) is 15.1. The van der Waals surface area contributed by atoms with Gasteiger partial charge in [-0.15, -0.1) is 0 Å². The fraction of sp³-hybridized carbons (Fsp3) is 0.250. The first kappa shape index (κ1) is 15.0. The lowest BCUT2D eigenvalue weighted by Gasteiger charge is -2.08. The largest absolute Gasteiger partial charge is 0.492 e. The van der Waals surface area contributed by atoms with Gasteiger partial charge in [0.25, 0.3) is 0 Å². The second-order valence-electron chi connectivity index (χ2n) is 4.63. The van der Waals surface area contributed by atoms with Crippen LogP contribution in [0.3, 0.4) is 0 Å². The number of carboxylic acid groups (broad SMARTS) is 1. The van der Waals surface area contributed by atoms with E-state index in [0.29, 0.717) is 25.4 Å². The molecule has 1 aromatic heterocycles. The summed E-state index contributed by atoms with van der Waals surface area (Å²) in [7, 11) is 0. The number of hydrogen-bond acceptors (Lipinski definition) is 4. The third-order valence-corrected chi connectivity index (χ3v) is 2.88. The number of ether oxygens (including phenoxy) is 1. The predicted molar refractivity (Wildman–Crippen MR) is 79.6 cm³/mol. The van der Waals surface area contributed by atoms with Gasteiger partial charge >= 0.3 is 5.97 Å². The van der Waals surface area contributed by atoms with Gasteiger partial charge in [-0.2, -0.15) is 0 Å². The highest BCUT2D eigenvalue weighted by molar-refractivity contribution is 5.87. The second-order valence-corrected chi connectivity index (χ2v) is 4.63. The van der Waals surface area contributed by atoms with Crippen LogP contribution in [0.25, 0.3) is 0 Å². The fourth-order valence-electron chi connectivity index (χ4n) is 1.87. The van der Waals surface area contributed by atoms with E-state index in [0.717, 1.165) is 11.4 Å². The van der Waals surface area contributed by atoms with E-state index in [1.807, 2.05) is 25.1 Å². The van der Waals surface area contributed by atoms with E-state index >= 15 is 0 Å². The molecule has 0 atom stereocenters. The molecule has 1 aromatic carbocycles. The quantitative estimate of drug-likeness (QED) is 0.764. The topological polar surface area (TPSA) is 71.5 Å². The van der Waals surface area contributed by atoms with Crippen molar-refractivity contribution in [2.24, 2.45) is 0 Å². The molecule has 2 N–H and O–H groups in total. The van der Waals surface area contributed by atoms with Gasteiger partial charge in [-0.1, -0.05) is 12.1 Å². The molecule has 0 unspecified atom stereocenters. The predicted octanol–water partition coefficient (Wildman–Crippen LogP) is 2.26. The molecule has 0 aliphatic rings. The van der Waals surface area contributed by atoms with Crippen molar-refractivity contribution in [3.05, 3.63) is 59.4 Å². The number of nitrogens with zero attached hydrogens (tertiary/aromatic N) is 1. The zero-order valence-electron chi connectivity index (χ0n) is 11.9. The molecule has 0 saturated heterocycles. The Morgan fingerprint density at radius 2 is 2.10 bits per heavy atom. The summed E-state index contributed by atoms with van der Waals surface area (Å²) in [6.45, 7) is 3.77. The van der Waals surface area contributed by atoms with Crippen LogP contribution in [-0.4, -0.2) is 29.2 Å². The molecule has 0 saturated carbocycles. The molecular formula is C16H18N2O3. The molecule has 0 aliphatic carbocycles. The molecule has 0 bridgehead atoms. The average molecular weight is 286 g/mol. The molecule has 5 nitrogen and oxygen atoms in total. The monoisotopic (exact) mass is 286 g/mol. The summed E-state index contributed by atoms with van der Waals surface area (Å²) >= 11 is 0. The lowest BCUT2D eigenvalue weighted by molar-refractivity contribution is 0.0696. The van der Waals surface area contributed by atoms with Crippen LogP contribution in [0.15, 0.2) is 42.5 Å². The molecular weight excluding hydrogens is 268 g/mol. The fourth-order valence-corrected chi connectivity index (χ4v) is 1.87. The van der Waals surface area contributed by atoms with E-state index < -0.39 is 5.97 Å². The Morgan fingerprint density at radius 3 is 2.86 bits per heavy atom. The van der Waals surface area contributed by atoms with Gasteiger partial charge < -0.3 is 15.2 Å². The molecule has 2 aromatic rings. The Balaban J connectivity index is 1.72. The van der Waals surface area contributed by atoms with Crippen molar-refractivity contribution in [1.82, 2.24) is 10.3 Å². The van der Waals surface area contributed by atoms with Gasteiger partial charge in [0, 0.05) is 18.8 Å². The van der Waals surface area contributed by atoms with E-state index in [9.17, 15) is 4.79 Å². The lowest BCUT2D eigenvalue weighted by Crippen LogP contribution is -2.21. The molecule has 0 radical (unpaired) electrons. The molecule has 1 heterocycles. The van der Waals surface area contributed by atoms with E-state index in [2.05, 4.69) is 10.3 Å². The molecule has 0 aliphatic heterocycles. The third-order valence-electron chi connectivity index (χ3n) is 2.88. The number of benzene rings is 1. The van der Waals surface area contributed by atoms with E-state index in [-0.39, 0.29) is 5.56 Å². The Morgan fingerprint density at radius 1 is 1.29 bits per heavy atom. The summed E-state index contributed by atoms with van der Waals surface area (Å²) in [4.78, 5) is 15.2. The van der Waals surface area contributed by atoms with Gasteiger partial charge in [0.1, 0.15) is 12.4 Å². The lowest BCUT2D eigenvalue weighted by atomic mass is 10.2. The van der Waals surface area contributed by atoms with Crippen LogP contribution in [-0.2, 0) is 6.54 Å². The van der Waals surface area contributed by atoms with Crippen LogP contribution in [0.5, 0.6) is 5.75 Å². The summed E-state index contributed by atoms with van der Waals surface area (Å²) in [6, 6.07) is 12.4. The first-order valence-electron chi connectivity index (χ1n) is 6.74. The summed E-state index contributed by atoms with van der Waals surface area (Å²) in [5.74, 6) is -0.394. The van der Waals surface area contributed by atoms with E-state index in [1.165, 1.54) is 12.1 Å². The Bertz CT molecular complexity index is 614. The number of nitrogens with one attached hydrogen (secondary N) is 1. The van der Waals surface area contributed by atoms with Crippen molar-refractivity contribution < 1.29 is 14.6 Å². The number of carboxylic acids is 1. The Hall–Kier alpha value is -2.40. The minimum atomic E-state index is -0.955. The molecule has 0 spiro atoms. The van der Waals surface area contributed by atoms with Crippen molar-refractivity contribution in [1.29, 1.82) is 0 Å². The number of aromatic carboxylic acids is 1. The Kier molecular flexibility index (Phi) is 5.29. The summed E-state index contributed by atoms with van der Waals surface area (Å²) in [6.07, 6.45) is 0. The summed E-state index contributed by atoms with van der Waals surface area (Å²) in [5, 5.41) is 12.1. The first-order chi connectivity index (χ1) is 10.1. The smallest absolute Gasteiger partial charge is 0.335 e. The van der Waals surface area contributed by atoms with Gasteiger partial charge in [0.2, 0.25) is 0 Å². The third kappa shape index (κ3) is 4.89. The highest BCUT2D eigenvalue weighted by atomic mass is 16.5. The second kappa shape index (κ2) is 7.40. The van der Waals surface area contributed by atoms with Crippen LogP contribution < -0.4 is 10.1 Å². The first-order valence-corrected chi connectivity index (χ1v) is 6.74. The highest BCUT2D eigenvalue weighted by Gasteiger charge is 2.03. The minimum Gasteiger partial charge on any atom is -0.492 e. The van der Waals surface area contributed by atoms with Crippen molar-refractivity contribution in [3.8, 4) is 5.75 Å². The molecule has 5 heteroatoms. The maximum Gasteiger partial charge on any atom is 0.335 e. The van der Waals surface area contributed by atoms with Crippen molar-refractivity contribution in [3.63, 3.8) is 0 Å². The number of pyridine rings is 1. The van der Waals surface area contributed by atoms with Crippen LogP contribution in [0.1, 0.15) is 21.7 Å². The van der Waals surface area contributed by atoms with Crippen LogP contribution in [0.4, 0.5) is 0 Å². The van der Waals surface area contributed by atoms with Crippen LogP contribution >= 0.6 is 0 Å². The van der Waals surface area contributed by atoms with Gasteiger partial charge in [0.15, 0.2) is 0 Å². The van der Waals surface area contributed by atoms with Gasteiger partial charge in [-0.25, -0.2) is 4.79 Å². The van der Waals surface area contributed by atoms with Crippen molar-refractivity contribution in [2.75, 3.05) is 13.2 Å². The SMILES string of the molecule is Cc1cccc(CNCCOc2cccc(C(=O)O)c2)n1. The average Bonchev–Trinajstić information content (AvgIpc) is 2.47. The normalized spacial score (nSPS) is 10.3. The van der Waals surface area contributed by atoms with E-state index in [1.54, 1.807) is 12.1 Å². The van der Waals surface area contributed by atoms with Crippen LogP contribution in [0.2, 0.25) is 0 Å². The molecule has 21 heavy (non-hydrogen) atoms. The van der Waals surface area contributed by atoms with Gasteiger partial charge in [-0.3, -0.25) is 4.98 Å². The highest BCUT2D eigenvalue weighted by Crippen LogP contribution is 2.12. The van der Waals surface area contributed by atoms with Gasteiger partial charge in [0.05, 0.1) is 11.3 Å². The minimum absolute atomic E-state index is 0.226. The van der Waals surface area contributed by atoms with Crippen molar-refractivity contribution in [2.45, 2.75) is 13.5 Å². The molecule has 0 fully saturated rings. The number of aryl methyl sites for hydroxylation is 1. The van der Waals surface area contributed by atoms with Crippen LogP contribution in [0, 0.1) is 6.92 Å². The standard InChI is InChI=1S/C16H18N2O3/c1-12-4-2-6-14(18-12)11-17-8-9-21-15-7-3-5-13(10-15)16(19)20/h2-7,10,17H,8-9,11H2,1H3,(H,19,20). The van der Waals surface area contributed by atoms with Crippen molar-refractivity contribution >= 4 is 5.97 Å². The molecule has 2 rings (SSSR count). The zero-order valence-corrected chi connectivity index (χ0v) is 11.9. The van der Waals surface area contributed by atoms with E-state index in [4.69, 9.17) is 9.84 Å².